The van der Waals surface area contributed by atoms with Gasteiger partial charge in [0, 0.05) is 26.5 Å². The first-order chi connectivity index (χ1) is 13.5. The predicted octanol–water partition coefficient (Wildman–Crippen LogP) is 6.70. The van der Waals surface area contributed by atoms with Gasteiger partial charge in [0.25, 0.3) is 5.60 Å². The Morgan fingerprint density at radius 3 is 2.38 bits per heavy atom. The van der Waals surface area contributed by atoms with Gasteiger partial charge in [0.05, 0.1) is 11.3 Å². The number of carboxylic acids is 1. The van der Waals surface area contributed by atoms with Crippen molar-refractivity contribution in [2.75, 3.05) is 0 Å². The van der Waals surface area contributed by atoms with Crippen LogP contribution in [0.1, 0.15) is 27.9 Å². The largest absolute Gasteiger partial charge is 0.478 e. The number of hydrogen-bond acceptors (Lipinski definition) is 3. The van der Waals surface area contributed by atoms with Gasteiger partial charge in [-0.05, 0) is 57.9 Å². The topological polar surface area (TPSA) is 58.9 Å². The van der Waals surface area contributed by atoms with E-state index in [0.29, 0.717) is 10.0 Å². The summed E-state index contributed by atoms with van der Waals surface area (Å²) in [6, 6.07) is 8.05. The fourth-order valence-electron chi connectivity index (χ4n) is 2.80. The summed E-state index contributed by atoms with van der Waals surface area (Å²) in [7, 11) is 0. The van der Waals surface area contributed by atoms with Gasteiger partial charge >= 0.3 is 12.1 Å². The molecule has 0 saturated heterocycles. The lowest BCUT2D eigenvalue weighted by molar-refractivity contribution is -0.275. The molecule has 4 nitrogen and oxygen atoms in total. The molecule has 1 heterocycles. The molecule has 1 aliphatic rings. The van der Waals surface area contributed by atoms with Crippen LogP contribution in [0.3, 0.4) is 0 Å². The number of carbonyl (C=O) groups is 1. The minimum absolute atomic E-state index is 0.0482. The number of benzene rings is 2. The van der Waals surface area contributed by atoms with Crippen molar-refractivity contribution in [1.29, 1.82) is 0 Å². The van der Waals surface area contributed by atoms with Crippen molar-refractivity contribution in [2.24, 2.45) is 5.16 Å². The molecule has 2 aromatic rings. The highest BCUT2D eigenvalue weighted by Gasteiger charge is 2.62. The van der Waals surface area contributed by atoms with E-state index in [0.717, 1.165) is 12.1 Å². The van der Waals surface area contributed by atoms with Gasteiger partial charge < -0.3 is 9.94 Å². The summed E-state index contributed by atoms with van der Waals surface area (Å²) in [5.74, 6) is -1.10. The van der Waals surface area contributed by atoms with Gasteiger partial charge in [-0.25, -0.2) is 4.79 Å². The van der Waals surface area contributed by atoms with Crippen LogP contribution in [0.2, 0.25) is 10.0 Å². The Bertz CT molecular complexity index is 1020. The average Bonchev–Trinajstić information content (AvgIpc) is 3.04. The normalized spacial score (nSPS) is 19.3. The maximum absolute atomic E-state index is 13.9. The van der Waals surface area contributed by atoms with Crippen molar-refractivity contribution in [1.82, 2.24) is 0 Å². The number of hydrogen-bond donors (Lipinski definition) is 1. The maximum Gasteiger partial charge on any atom is 0.435 e. The molecule has 3 rings (SSSR count). The average molecular weight is 509 g/mol. The van der Waals surface area contributed by atoms with E-state index < -0.39 is 24.2 Å². The zero-order chi connectivity index (χ0) is 21.4. The van der Waals surface area contributed by atoms with E-state index in [-0.39, 0.29) is 26.9 Å². The van der Waals surface area contributed by atoms with Crippen molar-refractivity contribution >= 4 is 56.9 Å². The monoisotopic (exact) mass is 507 g/mol. The van der Waals surface area contributed by atoms with Crippen molar-refractivity contribution in [3.8, 4) is 0 Å². The molecule has 0 aliphatic carbocycles. The first-order valence-electron chi connectivity index (χ1n) is 8.01. The Morgan fingerprint density at radius 1 is 1.17 bits per heavy atom. The molecule has 29 heavy (non-hydrogen) atoms. The molecule has 1 N–H and O–H groups in total. The highest BCUT2D eigenvalue weighted by molar-refractivity contribution is 9.10. The van der Waals surface area contributed by atoms with Gasteiger partial charge in [-0.3, -0.25) is 0 Å². The number of aromatic carboxylic acids is 1. The number of allylic oxidation sites excluding steroid dienone is 1. The zero-order valence-corrected chi connectivity index (χ0v) is 17.4. The Labute approximate surface area is 181 Å². The summed E-state index contributed by atoms with van der Waals surface area (Å²) < 4.78 is 42.1. The van der Waals surface area contributed by atoms with Crippen LogP contribution in [-0.4, -0.2) is 23.0 Å². The van der Waals surface area contributed by atoms with Gasteiger partial charge in [-0.2, -0.15) is 13.2 Å². The van der Waals surface area contributed by atoms with Crippen molar-refractivity contribution in [3.63, 3.8) is 0 Å². The minimum atomic E-state index is -4.77. The second kappa shape index (κ2) is 8.01. The smallest absolute Gasteiger partial charge is 0.435 e. The molecule has 0 spiro atoms. The predicted molar refractivity (Wildman–Crippen MR) is 107 cm³/mol. The third-order valence-electron chi connectivity index (χ3n) is 4.23. The van der Waals surface area contributed by atoms with Gasteiger partial charge in [-0.1, -0.05) is 40.5 Å². The quantitative estimate of drug-likeness (QED) is 0.499. The molecule has 0 radical (unpaired) electrons. The number of carboxylic acid groups (broad SMARTS) is 1. The van der Waals surface area contributed by atoms with Crippen LogP contribution in [0.4, 0.5) is 13.2 Å². The molecule has 2 aromatic carbocycles. The van der Waals surface area contributed by atoms with E-state index in [2.05, 4.69) is 21.1 Å². The highest BCUT2D eigenvalue weighted by Crippen LogP contribution is 2.49. The van der Waals surface area contributed by atoms with E-state index in [4.69, 9.17) is 33.1 Å². The van der Waals surface area contributed by atoms with E-state index in [1.165, 1.54) is 36.4 Å². The summed E-state index contributed by atoms with van der Waals surface area (Å²) in [6.07, 6.45) is -2.46. The molecule has 152 valence electrons. The fourth-order valence-corrected chi connectivity index (χ4v) is 3.90. The van der Waals surface area contributed by atoms with Gasteiger partial charge in [-0.15, -0.1) is 0 Å². The Morgan fingerprint density at radius 2 is 1.83 bits per heavy atom. The lowest BCUT2D eigenvalue weighted by atomic mass is 9.88. The van der Waals surface area contributed by atoms with Crippen LogP contribution < -0.4 is 0 Å². The number of oxime groups is 1. The molecule has 0 bridgehead atoms. The molecule has 1 atom stereocenters. The summed E-state index contributed by atoms with van der Waals surface area (Å²) in [4.78, 5) is 15.9. The van der Waals surface area contributed by atoms with E-state index in [1.54, 1.807) is 0 Å². The molecule has 0 aromatic heterocycles. The Kier molecular flexibility index (Phi) is 5.98. The fraction of sp³-hybridized carbons (Fsp3) is 0.158. The van der Waals surface area contributed by atoms with Gasteiger partial charge in [0.15, 0.2) is 0 Å². The molecule has 0 saturated carbocycles. The van der Waals surface area contributed by atoms with Crippen LogP contribution in [0.15, 0.2) is 52.1 Å². The van der Waals surface area contributed by atoms with Gasteiger partial charge in [0.1, 0.15) is 0 Å². The van der Waals surface area contributed by atoms with Crippen LogP contribution in [0.5, 0.6) is 0 Å². The lowest BCUT2D eigenvalue weighted by Gasteiger charge is -2.29. The van der Waals surface area contributed by atoms with Crippen molar-refractivity contribution in [3.05, 3.63) is 73.7 Å². The summed E-state index contributed by atoms with van der Waals surface area (Å²) in [5.41, 5.74) is -2.26. The molecule has 0 fully saturated rings. The van der Waals surface area contributed by atoms with Crippen LogP contribution in [0.25, 0.3) is 6.08 Å². The minimum Gasteiger partial charge on any atom is -0.478 e. The zero-order valence-electron chi connectivity index (χ0n) is 14.3. The molecular formula is C19H11BrCl2F3NO3. The third kappa shape index (κ3) is 4.44. The SMILES string of the molecule is O=C(O)c1ccc(C=CC2=NOC(c3cc(Cl)cc(Cl)c3)(C(F)(F)F)C2)cc1Br. The maximum atomic E-state index is 13.9. The molecule has 0 amide bonds. The number of alkyl halides is 3. The highest BCUT2D eigenvalue weighted by atomic mass is 79.9. The number of rotatable bonds is 4. The molecular weight excluding hydrogens is 498 g/mol. The van der Waals surface area contributed by atoms with E-state index >= 15 is 0 Å². The van der Waals surface area contributed by atoms with Crippen LogP contribution >= 0.6 is 39.1 Å². The summed E-state index contributed by atoms with van der Waals surface area (Å²) in [6.45, 7) is 0. The second-order valence-corrected chi connectivity index (χ2v) is 7.94. The van der Waals surface area contributed by atoms with Crippen LogP contribution in [0, 0.1) is 0 Å². The van der Waals surface area contributed by atoms with Crippen molar-refractivity contribution in [2.45, 2.75) is 18.2 Å². The van der Waals surface area contributed by atoms with E-state index in [9.17, 15) is 18.0 Å². The first-order valence-corrected chi connectivity index (χ1v) is 9.56. The third-order valence-corrected chi connectivity index (χ3v) is 5.32. The summed E-state index contributed by atoms with van der Waals surface area (Å²) in [5, 5.41) is 12.7. The molecule has 10 heteroatoms. The summed E-state index contributed by atoms with van der Waals surface area (Å²) >= 11 is 14.9. The van der Waals surface area contributed by atoms with Crippen LogP contribution in [-0.2, 0) is 10.4 Å². The molecule has 1 unspecified atom stereocenters. The van der Waals surface area contributed by atoms with Gasteiger partial charge in [0.2, 0.25) is 0 Å². The first kappa shape index (κ1) is 21.7. The standard InChI is InChI=1S/C19H11BrCl2F3NO3/c20-16-5-10(2-4-15(16)17(27)28)1-3-14-9-18(29-26-14,19(23,24)25)11-6-12(21)8-13(22)7-11/h1-8H,9H2,(H,27,28). The Balaban J connectivity index is 1.88. The second-order valence-electron chi connectivity index (χ2n) is 6.21. The Hall–Kier alpha value is -2.03. The van der Waals surface area contributed by atoms with Crippen molar-refractivity contribution < 1.29 is 27.9 Å². The van der Waals surface area contributed by atoms with E-state index in [1.807, 2.05) is 0 Å². The number of nitrogens with zero attached hydrogens (tertiary/aromatic N) is 1. The lowest BCUT2D eigenvalue weighted by Crippen LogP contribution is -2.42. The number of halogens is 6. The molecule has 1 aliphatic heterocycles.